The van der Waals surface area contributed by atoms with Gasteiger partial charge in [0.2, 0.25) is 10.0 Å². The van der Waals surface area contributed by atoms with E-state index in [0.29, 0.717) is 22.5 Å². The van der Waals surface area contributed by atoms with Crippen molar-refractivity contribution in [3.8, 4) is 0 Å². The summed E-state index contributed by atoms with van der Waals surface area (Å²) < 4.78 is 30.2. The van der Waals surface area contributed by atoms with Gasteiger partial charge in [0.1, 0.15) is 12.7 Å². The van der Waals surface area contributed by atoms with Gasteiger partial charge in [0.05, 0.1) is 10.9 Å². The molecule has 0 aliphatic carbocycles. The van der Waals surface area contributed by atoms with Crippen LogP contribution < -0.4 is 0 Å². The second kappa shape index (κ2) is 6.38. The van der Waals surface area contributed by atoms with Crippen molar-refractivity contribution < 1.29 is 8.42 Å². The summed E-state index contributed by atoms with van der Waals surface area (Å²) in [6, 6.07) is 5.38. The summed E-state index contributed by atoms with van der Waals surface area (Å²) in [5.74, 6) is 0. The minimum atomic E-state index is -3.50. The summed E-state index contributed by atoms with van der Waals surface area (Å²) in [4.78, 5) is 4.24. The lowest BCUT2D eigenvalue weighted by molar-refractivity contribution is 0.260. The fourth-order valence-corrected chi connectivity index (χ4v) is 5.50. The molecule has 0 unspecified atom stereocenters. The Labute approximate surface area is 145 Å². The van der Waals surface area contributed by atoms with Crippen molar-refractivity contribution in [2.45, 2.75) is 23.8 Å². The normalized spacial score (nSPS) is 17.7. The monoisotopic (exact) mass is 448 g/mol. The molecule has 0 saturated carbocycles. The first-order chi connectivity index (χ1) is 10.5. The van der Waals surface area contributed by atoms with Gasteiger partial charge in [0, 0.05) is 22.0 Å². The Kier molecular flexibility index (Phi) is 4.67. The molecule has 3 rings (SSSR count). The maximum Gasteiger partial charge on any atom is 0.244 e. The zero-order valence-corrected chi connectivity index (χ0v) is 15.6. The Bertz CT molecular complexity index is 756. The first kappa shape index (κ1) is 16.1. The third-order valence-electron chi connectivity index (χ3n) is 3.75. The molecule has 1 aliphatic heterocycles. The second-order valence-electron chi connectivity index (χ2n) is 5.09. The zero-order valence-electron chi connectivity index (χ0n) is 11.6. The maximum atomic E-state index is 12.8. The van der Waals surface area contributed by atoms with Gasteiger partial charge in [-0.2, -0.15) is 9.40 Å². The van der Waals surface area contributed by atoms with Crippen molar-refractivity contribution >= 4 is 41.9 Å². The Hall–Kier alpha value is -0.770. The highest BCUT2D eigenvalue weighted by Gasteiger charge is 2.31. The average Bonchev–Trinajstić information content (AvgIpc) is 3.04. The van der Waals surface area contributed by atoms with E-state index in [4.69, 9.17) is 0 Å². The smallest absolute Gasteiger partial charge is 0.244 e. The van der Waals surface area contributed by atoms with Crippen LogP contribution in [0.3, 0.4) is 0 Å². The highest BCUT2D eigenvalue weighted by atomic mass is 79.9. The number of benzene rings is 1. The molecule has 0 spiro atoms. The minimum absolute atomic E-state index is 0.208. The zero-order chi connectivity index (χ0) is 15.7. The molecule has 0 amide bonds. The van der Waals surface area contributed by atoms with Gasteiger partial charge in [-0.15, -0.1) is 0 Å². The Morgan fingerprint density at radius 1 is 1.18 bits per heavy atom. The first-order valence-corrected chi connectivity index (χ1v) is 9.80. The summed E-state index contributed by atoms with van der Waals surface area (Å²) in [7, 11) is -3.50. The molecular formula is C13H14Br2N4O2S. The molecule has 2 heterocycles. The molecule has 1 aromatic heterocycles. The molecule has 0 N–H and O–H groups in total. The molecule has 1 aliphatic rings. The van der Waals surface area contributed by atoms with E-state index < -0.39 is 10.0 Å². The van der Waals surface area contributed by atoms with Crippen LogP contribution in [0.1, 0.15) is 18.9 Å². The number of rotatable bonds is 3. The molecule has 22 heavy (non-hydrogen) atoms. The molecular weight excluding hydrogens is 436 g/mol. The number of hydrogen-bond acceptors (Lipinski definition) is 4. The van der Waals surface area contributed by atoms with Gasteiger partial charge < -0.3 is 0 Å². The van der Waals surface area contributed by atoms with Crippen LogP contribution >= 0.6 is 31.9 Å². The van der Waals surface area contributed by atoms with E-state index in [9.17, 15) is 8.42 Å². The van der Waals surface area contributed by atoms with Gasteiger partial charge in [0.25, 0.3) is 0 Å². The molecule has 0 atom stereocenters. The predicted octanol–water partition coefficient (Wildman–Crippen LogP) is 2.83. The lowest BCUT2D eigenvalue weighted by atomic mass is 10.1. The van der Waals surface area contributed by atoms with Crippen molar-refractivity contribution in [3.63, 3.8) is 0 Å². The van der Waals surface area contributed by atoms with Crippen LogP contribution in [-0.2, 0) is 10.0 Å². The van der Waals surface area contributed by atoms with E-state index in [1.807, 2.05) is 0 Å². The molecule has 1 aromatic carbocycles. The molecule has 1 saturated heterocycles. The van der Waals surface area contributed by atoms with Crippen LogP contribution in [0.25, 0.3) is 0 Å². The third kappa shape index (κ3) is 3.12. The maximum absolute atomic E-state index is 12.8. The molecule has 0 radical (unpaired) electrons. The minimum Gasteiger partial charge on any atom is -0.250 e. The topological polar surface area (TPSA) is 68.1 Å². The van der Waals surface area contributed by atoms with E-state index in [-0.39, 0.29) is 6.04 Å². The van der Waals surface area contributed by atoms with Crippen molar-refractivity contribution in [2.24, 2.45) is 0 Å². The molecule has 2 aromatic rings. The summed E-state index contributed by atoms with van der Waals surface area (Å²) in [6.07, 6.45) is 4.64. The van der Waals surface area contributed by atoms with Crippen LogP contribution in [0.5, 0.6) is 0 Å². The van der Waals surface area contributed by atoms with Crippen molar-refractivity contribution in [3.05, 3.63) is 39.8 Å². The summed E-state index contributed by atoms with van der Waals surface area (Å²) in [5.41, 5.74) is 0. The fourth-order valence-electron chi connectivity index (χ4n) is 2.57. The lowest BCUT2D eigenvalue weighted by Gasteiger charge is -2.31. The number of sulfonamides is 1. The SMILES string of the molecule is O=S(=O)(c1cc(Br)ccc1Br)N1CCC(n2cncn2)CC1. The fraction of sp³-hybridized carbons (Fsp3) is 0.385. The standard InChI is InChI=1S/C13H14Br2N4O2S/c14-10-1-2-12(15)13(7-10)22(20,21)18-5-3-11(4-6-18)19-9-16-8-17-19/h1-2,7-9,11H,3-6H2. The molecule has 118 valence electrons. The Balaban J connectivity index is 1.79. The van der Waals surface area contributed by atoms with E-state index in [1.54, 1.807) is 29.2 Å². The highest BCUT2D eigenvalue weighted by Crippen LogP contribution is 2.31. The first-order valence-electron chi connectivity index (χ1n) is 6.78. The van der Waals surface area contributed by atoms with E-state index in [0.717, 1.165) is 17.3 Å². The number of hydrogen-bond donors (Lipinski definition) is 0. The predicted molar refractivity (Wildman–Crippen MR) is 88.9 cm³/mol. The molecule has 1 fully saturated rings. The number of nitrogens with zero attached hydrogens (tertiary/aromatic N) is 4. The van der Waals surface area contributed by atoms with Gasteiger partial charge in [-0.1, -0.05) is 15.9 Å². The lowest BCUT2D eigenvalue weighted by Crippen LogP contribution is -2.39. The van der Waals surface area contributed by atoms with Gasteiger partial charge in [-0.25, -0.2) is 18.1 Å². The van der Waals surface area contributed by atoms with Gasteiger partial charge in [-0.05, 0) is 47.0 Å². The highest BCUT2D eigenvalue weighted by molar-refractivity contribution is 9.11. The second-order valence-corrected chi connectivity index (χ2v) is 8.76. The van der Waals surface area contributed by atoms with Gasteiger partial charge >= 0.3 is 0 Å². The Morgan fingerprint density at radius 2 is 1.91 bits per heavy atom. The quantitative estimate of drug-likeness (QED) is 0.722. The number of halogens is 2. The van der Waals surface area contributed by atoms with Crippen LogP contribution in [0.15, 0.2) is 44.7 Å². The van der Waals surface area contributed by atoms with E-state index in [1.165, 1.54) is 10.6 Å². The molecule has 6 nitrogen and oxygen atoms in total. The van der Waals surface area contributed by atoms with E-state index >= 15 is 0 Å². The summed E-state index contributed by atoms with van der Waals surface area (Å²) in [5, 5.41) is 4.13. The number of piperidine rings is 1. The summed E-state index contributed by atoms with van der Waals surface area (Å²) in [6.45, 7) is 0.956. The summed E-state index contributed by atoms with van der Waals surface area (Å²) >= 11 is 6.65. The molecule has 9 heteroatoms. The largest absolute Gasteiger partial charge is 0.250 e. The van der Waals surface area contributed by atoms with Crippen molar-refractivity contribution in [1.82, 2.24) is 19.1 Å². The van der Waals surface area contributed by atoms with Crippen molar-refractivity contribution in [1.29, 1.82) is 0 Å². The molecule has 0 bridgehead atoms. The van der Waals surface area contributed by atoms with E-state index in [2.05, 4.69) is 41.9 Å². The van der Waals surface area contributed by atoms with Crippen molar-refractivity contribution in [2.75, 3.05) is 13.1 Å². The Morgan fingerprint density at radius 3 is 2.55 bits per heavy atom. The van der Waals surface area contributed by atoms with Gasteiger partial charge in [-0.3, -0.25) is 0 Å². The average molecular weight is 450 g/mol. The van der Waals surface area contributed by atoms with Crippen LogP contribution in [-0.4, -0.2) is 40.6 Å². The third-order valence-corrected chi connectivity index (χ3v) is 7.13. The van der Waals surface area contributed by atoms with Crippen LogP contribution in [0.4, 0.5) is 0 Å². The van der Waals surface area contributed by atoms with Gasteiger partial charge in [0.15, 0.2) is 0 Å². The van der Waals surface area contributed by atoms with Crippen LogP contribution in [0, 0.1) is 0 Å². The van der Waals surface area contributed by atoms with Crippen LogP contribution in [0.2, 0.25) is 0 Å². The number of aromatic nitrogens is 3.